The highest BCUT2D eigenvalue weighted by Crippen LogP contribution is 2.15. The number of aromatic hydroxyl groups is 1. The van der Waals surface area contributed by atoms with Crippen molar-refractivity contribution in [3.8, 4) is 5.88 Å². The van der Waals surface area contributed by atoms with Crippen LogP contribution >= 0.6 is 0 Å². The molecule has 0 aromatic carbocycles. The zero-order valence-electron chi connectivity index (χ0n) is 8.61. The highest BCUT2D eigenvalue weighted by Gasteiger charge is 2.22. The van der Waals surface area contributed by atoms with E-state index in [0.717, 1.165) is 6.07 Å². The van der Waals surface area contributed by atoms with E-state index in [1.54, 1.807) is 0 Å². The van der Waals surface area contributed by atoms with Crippen molar-refractivity contribution in [2.24, 2.45) is 0 Å². The first kappa shape index (κ1) is 13.2. The molecule has 0 radical (unpaired) electrons. The summed E-state index contributed by atoms with van der Waals surface area (Å²) < 4.78 is 31.0. The molecule has 0 fully saturated rings. The number of carboxylic acid groups (broad SMARTS) is 1. The lowest BCUT2D eigenvalue weighted by molar-refractivity contribution is -0.137. The van der Waals surface area contributed by atoms with E-state index >= 15 is 0 Å². The average molecular weight is 263 g/mol. The Balaban J connectivity index is 3.67. The fraction of sp³-hybridized carbons (Fsp3) is 0.250. The first-order chi connectivity index (χ1) is 7.64. The summed E-state index contributed by atoms with van der Waals surface area (Å²) in [6.07, 6.45) is 0. The SMILES string of the molecule is Cc1cc(O)n(CC(=O)O)c(=O)c1S(=O)(=O)O. The van der Waals surface area contributed by atoms with E-state index in [-0.39, 0.29) is 5.56 Å². The topological polar surface area (TPSA) is 134 Å². The number of hydrogen-bond acceptors (Lipinski definition) is 5. The Morgan fingerprint density at radius 2 is 2.00 bits per heavy atom. The maximum atomic E-state index is 11.6. The first-order valence-electron chi connectivity index (χ1n) is 4.27. The second-order valence-electron chi connectivity index (χ2n) is 3.27. The highest BCUT2D eigenvalue weighted by atomic mass is 32.2. The number of pyridine rings is 1. The second-order valence-corrected chi connectivity index (χ2v) is 4.63. The largest absolute Gasteiger partial charge is 0.494 e. The minimum Gasteiger partial charge on any atom is -0.494 e. The molecular weight excluding hydrogens is 254 g/mol. The average Bonchev–Trinajstić information content (AvgIpc) is 2.08. The number of nitrogens with zero attached hydrogens (tertiary/aromatic N) is 1. The van der Waals surface area contributed by atoms with E-state index in [1.165, 1.54) is 6.92 Å². The molecule has 8 nitrogen and oxygen atoms in total. The minimum atomic E-state index is -4.78. The van der Waals surface area contributed by atoms with Crippen LogP contribution in [0.4, 0.5) is 0 Å². The molecule has 0 amide bonds. The Hall–Kier alpha value is -1.87. The molecule has 1 heterocycles. The third kappa shape index (κ3) is 2.63. The van der Waals surface area contributed by atoms with E-state index < -0.39 is 39.0 Å². The number of hydrogen-bond donors (Lipinski definition) is 3. The molecule has 0 aliphatic heterocycles. The van der Waals surface area contributed by atoms with Crippen molar-refractivity contribution in [3.63, 3.8) is 0 Å². The molecule has 0 unspecified atom stereocenters. The Kier molecular flexibility index (Phi) is 3.25. The third-order valence-corrected chi connectivity index (χ3v) is 2.98. The zero-order valence-corrected chi connectivity index (χ0v) is 9.43. The van der Waals surface area contributed by atoms with Gasteiger partial charge in [-0.15, -0.1) is 0 Å². The maximum Gasteiger partial charge on any atom is 0.323 e. The lowest BCUT2D eigenvalue weighted by atomic mass is 10.3. The van der Waals surface area contributed by atoms with Gasteiger partial charge in [-0.3, -0.25) is 18.7 Å². The third-order valence-electron chi connectivity index (χ3n) is 1.97. The Morgan fingerprint density at radius 3 is 2.41 bits per heavy atom. The van der Waals surface area contributed by atoms with Gasteiger partial charge in [-0.05, 0) is 12.5 Å². The summed E-state index contributed by atoms with van der Waals surface area (Å²) in [5.74, 6) is -2.13. The van der Waals surface area contributed by atoms with Gasteiger partial charge in [-0.25, -0.2) is 0 Å². The minimum absolute atomic E-state index is 0.170. The van der Waals surface area contributed by atoms with Gasteiger partial charge in [-0.2, -0.15) is 8.42 Å². The van der Waals surface area contributed by atoms with Crippen molar-refractivity contribution in [1.29, 1.82) is 0 Å². The Bertz CT molecular complexity index is 628. The quantitative estimate of drug-likeness (QED) is 0.607. The zero-order chi connectivity index (χ0) is 13.4. The van der Waals surface area contributed by atoms with Crippen LogP contribution in [-0.2, 0) is 21.5 Å². The fourth-order valence-corrected chi connectivity index (χ4v) is 2.13. The summed E-state index contributed by atoms with van der Waals surface area (Å²) in [5, 5.41) is 17.8. The van der Waals surface area contributed by atoms with Crippen LogP contribution in [0, 0.1) is 6.92 Å². The van der Waals surface area contributed by atoms with Gasteiger partial charge >= 0.3 is 5.97 Å². The van der Waals surface area contributed by atoms with Crippen molar-refractivity contribution >= 4 is 16.1 Å². The summed E-state index contributed by atoms with van der Waals surface area (Å²) in [5.41, 5.74) is -1.45. The van der Waals surface area contributed by atoms with Crippen LogP contribution in [0.2, 0.25) is 0 Å². The predicted molar refractivity (Wildman–Crippen MR) is 54.6 cm³/mol. The number of carboxylic acids is 1. The van der Waals surface area contributed by atoms with Crippen LogP contribution < -0.4 is 5.56 Å². The summed E-state index contributed by atoms with van der Waals surface area (Å²) >= 11 is 0. The molecule has 0 aliphatic carbocycles. The van der Waals surface area contributed by atoms with Gasteiger partial charge in [0.15, 0.2) is 10.8 Å². The summed E-state index contributed by atoms with van der Waals surface area (Å²) in [6, 6.07) is 0.882. The molecule has 1 rings (SSSR count). The molecule has 3 N–H and O–H groups in total. The monoisotopic (exact) mass is 263 g/mol. The van der Waals surface area contributed by atoms with Crippen LogP contribution in [0.15, 0.2) is 15.8 Å². The van der Waals surface area contributed by atoms with Crippen molar-refractivity contribution in [2.75, 3.05) is 0 Å². The van der Waals surface area contributed by atoms with Crippen molar-refractivity contribution in [1.82, 2.24) is 4.57 Å². The van der Waals surface area contributed by atoms with Crippen LogP contribution in [0.5, 0.6) is 5.88 Å². The van der Waals surface area contributed by atoms with Gasteiger partial charge in [0.2, 0.25) is 0 Å². The molecule has 1 aromatic heterocycles. The van der Waals surface area contributed by atoms with E-state index in [0.29, 0.717) is 4.57 Å². The standard InChI is InChI=1S/C8H9NO7S/c1-4-2-5(10)9(3-6(11)12)8(13)7(4)17(14,15)16/h2,10H,3H2,1H3,(H,11,12)(H,14,15,16). The van der Waals surface area contributed by atoms with Crippen molar-refractivity contribution in [3.05, 3.63) is 22.0 Å². The maximum absolute atomic E-state index is 11.6. The molecule has 0 saturated carbocycles. The van der Waals surface area contributed by atoms with E-state index in [4.69, 9.17) is 9.66 Å². The van der Waals surface area contributed by atoms with Crippen molar-refractivity contribution < 1.29 is 28.0 Å². The number of rotatable bonds is 3. The van der Waals surface area contributed by atoms with Crippen LogP contribution in [0.25, 0.3) is 0 Å². The van der Waals surface area contributed by atoms with E-state index in [9.17, 15) is 23.1 Å². The van der Waals surface area contributed by atoms with Crippen LogP contribution in [0.1, 0.15) is 5.56 Å². The number of aromatic nitrogens is 1. The van der Waals surface area contributed by atoms with Crippen molar-refractivity contribution in [2.45, 2.75) is 18.4 Å². The van der Waals surface area contributed by atoms with Gasteiger partial charge < -0.3 is 10.2 Å². The van der Waals surface area contributed by atoms with E-state index in [2.05, 4.69) is 0 Å². The predicted octanol–water partition coefficient (Wildman–Crippen LogP) is -0.806. The first-order valence-corrected chi connectivity index (χ1v) is 5.71. The normalized spacial score (nSPS) is 11.4. The van der Waals surface area contributed by atoms with Gasteiger partial charge in [0.05, 0.1) is 0 Å². The molecular formula is C8H9NO7S. The molecule has 94 valence electrons. The second kappa shape index (κ2) is 4.18. The molecule has 17 heavy (non-hydrogen) atoms. The van der Waals surface area contributed by atoms with Gasteiger partial charge in [0.1, 0.15) is 6.54 Å². The van der Waals surface area contributed by atoms with Gasteiger partial charge in [0.25, 0.3) is 15.7 Å². The summed E-state index contributed by atoms with van der Waals surface area (Å²) in [7, 11) is -4.78. The lowest BCUT2D eigenvalue weighted by Gasteiger charge is -2.09. The molecule has 9 heteroatoms. The molecule has 1 aromatic rings. The Labute approximate surface area is 95.5 Å². The van der Waals surface area contributed by atoms with E-state index in [1.807, 2.05) is 0 Å². The van der Waals surface area contributed by atoms with Crippen LogP contribution in [-0.4, -0.2) is 33.7 Å². The molecule has 0 saturated heterocycles. The summed E-state index contributed by atoms with van der Waals surface area (Å²) in [6.45, 7) is 0.281. The molecule has 0 aliphatic rings. The lowest BCUT2D eigenvalue weighted by Crippen LogP contribution is -2.29. The smallest absolute Gasteiger partial charge is 0.323 e. The number of aryl methyl sites for hydroxylation is 1. The highest BCUT2D eigenvalue weighted by molar-refractivity contribution is 7.85. The van der Waals surface area contributed by atoms with Gasteiger partial charge in [0, 0.05) is 6.07 Å². The Morgan fingerprint density at radius 1 is 1.47 bits per heavy atom. The number of aliphatic carboxylic acids is 1. The van der Waals surface area contributed by atoms with Crippen LogP contribution in [0.3, 0.4) is 0 Å². The molecule has 0 bridgehead atoms. The van der Waals surface area contributed by atoms with Gasteiger partial charge in [-0.1, -0.05) is 0 Å². The molecule has 0 atom stereocenters. The summed E-state index contributed by atoms with van der Waals surface area (Å²) in [4.78, 5) is 21.1. The number of carbonyl (C=O) groups is 1. The molecule has 0 spiro atoms. The fourth-order valence-electron chi connectivity index (χ4n) is 1.33.